The summed E-state index contributed by atoms with van der Waals surface area (Å²) in [6.45, 7) is 2.88. The molecule has 0 aliphatic heterocycles. The number of hydrogen-bond donors (Lipinski definition) is 2. The van der Waals surface area contributed by atoms with Crippen LogP contribution in [-0.2, 0) is 6.54 Å². The number of aliphatic hydroxyl groups excluding tert-OH is 1. The molecule has 4 nitrogen and oxygen atoms in total. The van der Waals surface area contributed by atoms with Crippen LogP contribution < -0.4 is 5.32 Å². The molecule has 0 spiro atoms. The molecule has 1 aromatic heterocycles. The normalized spacial score (nSPS) is 12.4. The van der Waals surface area contributed by atoms with Crippen LogP contribution in [0.5, 0.6) is 0 Å². The lowest BCUT2D eigenvalue weighted by Gasteiger charge is -2.15. The number of nitrogens with one attached hydrogen (secondary N) is 1. The Balaban J connectivity index is 1.89. The first kappa shape index (κ1) is 12.9. The lowest BCUT2D eigenvalue weighted by atomic mass is 10.2. The minimum atomic E-state index is -0.497. The zero-order valence-electron chi connectivity index (χ0n) is 10.2. The monoisotopic (exact) mass is 265 g/mol. The van der Waals surface area contributed by atoms with Crippen LogP contribution in [0.15, 0.2) is 36.7 Å². The summed E-state index contributed by atoms with van der Waals surface area (Å²) in [6, 6.07) is 7.52. The van der Waals surface area contributed by atoms with Gasteiger partial charge in [0.05, 0.1) is 12.6 Å². The number of benzene rings is 1. The zero-order valence-corrected chi connectivity index (χ0v) is 10.9. The Morgan fingerprint density at radius 2 is 2.28 bits per heavy atom. The zero-order chi connectivity index (χ0) is 13.0. The minimum Gasteiger partial charge on any atom is -0.389 e. The lowest BCUT2D eigenvalue weighted by Crippen LogP contribution is -2.25. The Kier molecular flexibility index (Phi) is 4.23. The SMILES string of the molecule is Cc1c(Cl)cccc1NCC(O)Cn1cccn1. The van der Waals surface area contributed by atoms with Gasteiger partial charge in [0.2, 0.25) is 0 Å². The van der Waals surface area contributed by atoms with E-state index in [-0.39, 0.29) is 0 Å². The number of aliphatic hydroxyl groups is 1. The lowest BCUT2D eigenvalue weighted by molar-refractivity contribution is 0.161. The van der Waals surface area contributed by atoms with E-state index in [2.05, 4.69) is 10.4 Å². The van der Waals surface area contributed by atoms with Crippen molar-refractivity contribution in [3.05, 3.63) is 47.2 Å². The van der Waals surface area contributed by atoms with Crippen LogP contribution in [0.4, 0.5) is 5.69 Å². The first-order valence-electron chi connectivity index (χ1n) is 5.81. The summed E-state index contributed by atoms with van der Waals surface area (Å²) in [5, 5.41) is 17.9. The van der Waals surface area contributed by atoms with E-state index < -0.39 is 6.10 Å². The quantitative estimate of drug-likeness (QED) is 0.872. The van der Waals surface area contributed by atoms with Crippen molar-refractivity contribution in [3.8, 4) is 0 Å². The van der Waals surface area contributed by atoms with E-state index in [0.29, 0.717) is 13.1 Å². The van der Waals surface area contributed by atoms with E-state index in [1.54, 1.807) is 10.9 Å². The summed E-state index contributed by atoms with van der Waals surface area (Å²) >= 11 is 6.03. The van der Waals surface area contributed by atoms with Crippen molar-refractivity contribution in [2.24, 2.45) is 0 Å². The maximum absolute atomic E-state index is 9.89. The predicted octanol–water partition coefficient (Wildman–Crippen LogP) is 2.32. The average Bonchev–Trinajstić information content (AvgIpc) is 2.84. The van der Waals surface area contributed by atoms with Gasteiger partial charge in [-0.2, -0.15) is 5.10 Å². The number of halogens is 1. The van der Waals surface area contributed by atoms with Crippen LogP contribution in [0.1, 0.15) is 5.56 Å². The second-order valence-corrected chi connectivity index (χ2v) is 4.58. The molecule has 5 heteroatoms. The van der Waals surface area contributed by atoms with Gasteiger partial charge in [-0.15, -0.1) is 0 Å². The highest BCUT2D eigenvalue weighted by atomic mass is 35.5. The van der Waals surface area contributed by atoms with Crippen molar-refractivity contribution >= 4 is 17.3 Å². The molecule has 0 saturated heterocycles. The number of rotatable bonds is 5. The molecular weight excluding hydrogens is 250 g/mol. The van der Waals surface area contributed by atoms with Gasteiger partial charge in [0.15, 0.2) is 0 Å². The average molecular weight is 266 g/mol. The second kappa shape index (κ2) is 5.89. The van der Waals surface area contributed by atoms with Crippen LogP contribution in [0, 0.1) is 6.92 Å². The Bertz CT molecular complexity index is 499. The first-order chi connectivity index (χ1) is 8.66. The Morgan fingerprint density at radius 1 is 1.44 bits per heavy atom. The van der Waals surface area contributed by atoms with Crippen LogP contribution >= 0.6 is 11.6 Å². The van der Waals surface area contributed by atoms with Crippen molar-refractivity contribution in [2.75, 3.05) is 11.9 Å². The summed E-state index contributed by atoms with van der Waals surface area (Å²) in [4.78, 5) is 0. The van der Waals surface area contributed by atoms with Gasteiger partial charge in [-0.1, -0.05) is 17.7 Å². The molecule has 96 valence electrons. The van der Waals surface area contributed by atoms with Gasteiger partial charge in [-0.25, -0.2) is 0 Å². The van der Waals surface area contributed by atoms with Crippen molar-refractivity contribution in [1.29, 1.82) is 0 Å². The summed E-state index contributed by atoms with van der Waals surface area (Å²) in [6.07, 6.45) is 3.03. The molecule has 1 aromatic carbocycles. The maximum atomic E-state index is 9.89. The molecule has 1 atom stereocenters. The topological polar surface area (TPSA) is 50.1 Å². The van der Waals surface area contributed by atoms with Crippen molar-refractivity contribution < 1.29 is 5.11 Å². The predicted molar refractivity (Wildman–Crippen MR) is 72.9 cm³/mol. The molecule has 2 aromatic rings. The Morgan fingerprint density at radius 3 is 3.00 bits per heavy atom. The third kappa shape index (κ3) is 3.24. The van der Waals surface area contributed by atoms with E-state index in [1.165, 1.54) is 0 Å². The minimum absolute atomic E-state index is 0.459. The van der Waals surface area contributed by atoms with Crippen molar-refractivity contribution in [1.82, 2.24) is 9.78 Å². The molecule has 0 aliphatic carbocycles. The van der Waals surface area contributed by atoms with E-state index in [4.69, 9.17) is 11.6 Å². The molecule has 1 heterocycles. The van der Waals surface area contributed by atoms with Crippen LogP contribution in [0.2, 0.25) is 5.02 Å². The molecular formula is C13H16ClN3O. The first-order valence-corrected chi connectivity index (χ1v) is 6.19. The van der Waals surface area contributed by atoms with Crippen LogP contribution in [0.25, 0.3) is 0 Å². The number of anilines is 1. The smallest absolute Gasteiger partial charge is 0.0907 e. The molecule has 0 radical (unpaired) electrons. The summed E-state index contributed by atoms with van der Waals surface area (Å²) in [7, 11) is 0. The fraction of sp³-hybridized carbons (Fsp3) is 0.308. The molecule has 0 amide bonds. The molecule has 2 rings (SSSR count). The van der Waals surface area contributed by atoms with Gasteiger partial charge in [-0.05, 0) is 30.7 Å². The van der Waals surface area contributed by atoms with Crippen molar-refractivity contribution in [3.63, 3.8) is 0 Å². The highest BCUT2D eigenvalue weighted by Gasteiger charge is 2.07. The van der Waals surface area contributed by atoms with Gasteiger partial charge in [-0.3, -0.25) is 4.68 Å². The van der Waals surface area contributed by atoms with E-state index in [9.17, 15) is 5.11 Å². The van der Waals surface area contributed by atoms with Gasteiger partial charge in [0.25, 0.3) is 0 Å². The molecule has 18 heavy (non-hydrogen) atoms. The van der Waals surface area contributed by atoms with E-state index in [1.807, 2.05) is 37.4 Å². The molecule has 0 saturated carbocycles. The standard InChI is InChI=1S/C13H16ClN3O/c1-10-12(14)4-2-5-13(10)15-8-11(18)9-17-7-3-6-16-17/h2-7,11,15,18H,8-9H2,1H3. The van der Waals surface area contributed by atoms with Crippen molar-refractivity contribution in [2.45, 2.75) is 19.6 Å². The highest BCUT2D eigenvalue weighted by Crippen LogP contribution is 2.22. The molecule has 0 aliphatic rings. The van der Waals surface area contributed by atoms with Crippen LogP contribution in [0.3, 0.4) is 0 Å². The summed E-state index contributed by atoms with van der Waals surface area (Å²) < 4.78 is 1.71. The van der Waals surface area contributed by atoms with Crippen LogP contribution in [-0.4, -0.2) is 27.5 Å². The molecule has 1 unspecified atom stereocenters. The largest absolute Gasteiger partial charge is 0.389 e. The highest BCUT2D eigenvalue weighted by molar-refractivity contribution is 6.31. The Hall–Kier alpha value is -1.52. The number of nitrogens with zero attached hydrogens (tertiary/aromatic N) is 2. The second-order valence-electron chi connectivity index (χ2n) is 4.18. The van der Waals surface area contributed by atoms with Gasteiger partial charge in [0.1, 0.15) is 0 Å². The van der Waals surface area contributed by atoms with Gasteiger partial charge >= 0.3 is 0 Å². The Labute approximate surface area is 111 Å². The molecule has 0 fully saturated rings. The number of aromatic nitrogens is 2. The summed E-state index contributed by atoms with van der Waals surface area (Å²) in [5.41, 5.74) is 1.94. The van der Waals surface area contributed by atoms with E-state index in [0.717, 1.165) is 16.3 Å². The fourth-order valence-electron chi connectivity index (χ4n) is 1.72. The number of hydrogen-bond acceptors (Lipinski definition) is 3. The summed E-state index contributed by atoms with van der Waals surface area (Å²) in [5.74, 6) is 0. The van der Waals surface area contributed by atoms with Gasteiger partial charge < -0.3 is 10.4 Å². The fourth-order valence-corrected chi connectivity index (χ4v) is 1.89. The van der Waals surface area contributed by atoms with E-state index >= 15 is 0 Å². The van der Waals surface area contributed by atoms with Gasteiger partial charge in [0, 0.05) is 29.6 Å². The molecule has 0 bridgehead atoms. The third-order valence-corrected chi connectivity index (χ3v) is 3.16. The maximum Gasteiger partial charge on any atom is 0.0907 e. The molecule has 2 N–H and O–H groups in total. The third-order valence-electron chi connectivity index (χ3n) is 2.75.